The molecule has 1 atom stereocenters. The van der Waals surface area contributed by atoms with Crippen molar-refractivity contribution in [1.29, 1.82) is 0 Å². The topological polar surface area (TPSA) is 48.1 Å². The predicted octanol–water partition coefficient (Wildman–Crippen LogP) is 2.88. The number of carbonyl (C=O) groups excluding carboxylic acids is 1. The number of para-hydroxylation sites is 1. The Hall–Kier alpha value is -2.41. The highest BCUT2D eigenvalue weighted by molar-refractivity contribution is 5.82. The molecule has 2 fully saturated rings. The predicted molar refractivity (Wildman–Crippen MR) is 137 cm³/mol. The molecule has 2 aromatic carbocycles. The summed E-state index contributed by atoms with van der Waals surface area (Å²) in [7, 11) is 3.67. The molecule has 184 valence electrons. The quantitative estimate of drug-likeness (QED) is 0.619. The van der Waals surface area contributed by atoms with Crippen LogP contribution in [-0.4, -0.2) is 86.6 Å². The van der Waals surface area contributed by atoms with Gasteiger partial charge in [-0.25, -0.2) is 0 Å². The van der Waals surface area contributed by atoms with Gasteiger partial charge in [0.25, 0.3) is 0 Å². The third-order valence-corrected chi connectivity index (χ3v) is 7.51. The minimum atomic E-state index is -0.0722. The van der Waals surface area contributed by atoms with E-state index in [-0.39, 0.29) is 11.9 Å². The Morgan fingerprint density at radius 2 is 1.62 bits per heavy atom. The second kappa shape index (κ2) is 12.3. The number of likely N-dealkylation sites (N-methyl/N-ethyl adjacent to an activating group) is 1. The van der Waals surface area contributed by atoms with E-state index < -0.39 is 0 Å². The lowest BCUT2D eigenvalue weighted by atomic mass is 9.88. The maximum atomic E-state index is 13.4. The van der Waals surface area contributed by atoms with Crippen LogP contribution < -0.4 is 10.1 Å². The van der Waals surface area contributed by atoms with Crippen LogP contribution in [0.15, 0.2) is 54.6 Å². The van der Waals surface area contributed by atoms with Crippen molar-refractivity contribution < 1.29 is 9.53 Å². The number of nitrogens with one attached hydrogen (secondary N) is 1. The van der Waals surface area contributed by atoms with E-state index in [1.165, 1.54) is 11.1 Å². The van der Waals surface area contributed by atoms with E-state index in [0.717, 1.165) is 77.4 Å². The summed E-state index contributed by atoms with van der Waals surface area (Å²) in [5, 5.41) is 3.37. The molecular formula is C28H40N4O2. The van der Waals surface area contributed by atoms with Gasteiger partial charge in [0.05, 0.1) is 13.2 Å². The Morgan fingerprint density at radius 1 is 0.941 bits per heavy atom. The number of piperazine rings is 1. The van der Waals surface area contributed by atoms with Crippen LogP contribution in [0.1, 0.15) is 24.0 Å². The van der Waals surface area contributed by atoms with Crippen molar-refractivity contribution in [1.82, 2.24) is 20.0 Å². The lowest BCUT2D eigenvalue weighted by Gasteiger charge is -2.40. The van der Waals surface area contributed by atoms with Crippen LogP contribution in [0.25, 0.3) is 0 Å². The second-order valence-corrected chi connectivity index (χ2v) is 9.59. The van der Waals surface area contributed by atoms with E-state index in [9.17, 15) is 4.79 Å². The molecular weight excluding hydrogens is 424 g/mol. The molecule has 2 aliphatic rings. The molecule has 0 spiro atoms. The van der Waals surface area contributed by atoms with E-state index in [0.29, 0.717) is 5.92 Å². The molecule has 2 aromatic rings. The molecule has 4 rings (SSSR count). The van der Waals surface area contributed by atoms with Crippen molar-refractivity contribution in [2.24, 2.45) is 5.92 Å². The Kier molecular flexibility index (Phi) is 8.97. The average molecular weight is 465 g/mol. The van der Waals surface area contributed by atoms with Gasteiger partial charge < -0.3 is 19.9 Å². The Morgan fingerprint density at radius 3 is 2.29 bits per heavy atom. The SMILES string of the molecule is CNC(C(=O)N1CCN(Cc2ccccc2OC)CC1)C1CCN(CCc2ccccc2)CC1. The molecule has 0 bridgehead atoms. The summed E-state index contributed by atoms with van der Waals surface area (Å²) in [6.45, 7) is 7.51. The van der Waals surface area contributed by atoms with E-state index in [1.54, 1.807) is 7.11 Å². The number of carbonyl (C=O) groups is 1. The number of hydrogen-bond acceptors (Lipinski definition) is 5. The van der Waals surface area contributed by atoms with Crippen molar-refractivity contribution in [2.75, 3.05) is 60.0 Å². The molecule has 1 amide bonds. The van der Waals surface area contributed by atoms with Gasteiger partial charge in [-0.1, -0.05) is 48.5 Å². The van der Waals surface area contributed by atoms with Crippen LogP contribution in [0.4, 0.5) is 0 Å². The molecule has 0 saturated carbocycles. The number of ether oxygens (including phenoxy) is 1. The molecule has 6 nitrogen and oxygen atoms in total. The molecule has 1 unspecified atom stereocenters. The standard InChI is InChI=1S/C28H40N4O2/c1-29-27(24-13-16-30(17-14-24)15-12-23-8-4-3-5-9-23)28(33)32-20-18-31(19-21-32)22-25-10-6-7-11-26(25)34-2/h3-11,24,27,29H,12-22H2,1-2H3. The maximum Gasteiger partial charge on any atom is 0.240 e. The molecule has 0 aromatic heterocycles. The molecule has 1 N–H and O–H groups in total. The van der Waals surface area contributed by atoms with Gasteiger partial charge in [0.1, 0.15) is 5.75 Å². The van der Waals surface area contributed by atoms with Gasteiger partial charge in [0, 0.05) is 44.8 Å². The number of nitrogens with zero attached hydrogens (tertiary/aromatic N) is 3. The monoisotopic (exact) mass is 464 g/mol. The Labute approximate surface area is 204 Å². The minimum Gasteiger partial charge on any atom is -0.496 e. The molecule has 0 radical (unpaired) electrons. The summed E-state index contributed by atoms with van der Waals surface area (Å²) in [4.78, 5) is 20.4. The number of likely N-dealkylation sites (tertiary alicyclic amines) is 1. The Bertz CT molecular complexity index is 890. The zero-order valence-electron chi connectivity index (χ0n) is 20.8. The number of methoxy groups -OCH3 is 1. The summed E-state index contributed by atoms with van der Waals surface area (Å²) in [5.74, 6) is 1.63. The van der Waals surface area contributed by atoms with Crippen LogP contribution in [0.5, 0.6) is 5.75 Å². The smallest absolute Gasteiger partial charge is 0.240 e. The van der Waals surface area contributed by atoms with Crippen LogP contribution in [-0.2, 0) is 17.8 Å². The van der Waals surface area contributed by atoms with Crippen molar-refractivity contribution in [2.45, 2.75) is 31.8 Å². The fourth-order valence-electron chi connectivity index (χ4n) is 5.40. The molecule has 34 heavy (non-hydrogen) atoms. The number of piperidine rings is 1. The first-order valence-corrected chi connectivity index (χ1v) is 12.7. The van der Waals surface area contributed by atoms with E-state index in [1.807, 2.05) is 19.2 Å². The fraction of sp³-hybridized carbons (Fsp3) is 0.536. The molecule has 0 aliphatic carbocycles. The van der Waals surface area contributed by atoms with Crippen molar-refractivity contribution in [3.8, 4) is 5.75 Å². The van der Waals surface area contributed by atoms with Gasteiger partial charge in [0.15, 0.2) is 0 Å². The normalized spacial score (nSPS) is 19.2. The first-order chi connectivity index (χ1) is 16.7. The van der Waals surface area contributed by atoms with Gasteiger partial charge in [-0.15, -0.1) is 0 Å². The van der Waals surface area contributed by atoms with E-state index in [4.69, 9.17) is 4.74 Å². The number of amides is 1. The summed E-state index contributed by atoms with van der Waals surface area (Å²) in [5.41, 5.74) is 2.61. The van der Waals surface area contributed by atoms with Gasteiger partial charge in [-0.05, 0) is 56.9 Å². The summed E-state index contributed by atoms with van der Waals surface area (Å²) in [6, 6.07) is 18.8. The van der Waals surface area contributed by atoms with Crippen LogP contribution >= 0.6 is 0 Å². The zero-order chi connectivity index (χ0) is 23.8. The van der Waals surface area contributed by atoms with Crippen molar-refractivity contribution >= 4 is 5.91 Å². The Balaban J connectivity index is 1.22. The van der Waals surface area contributed by atoms with Gasteiger partial charge in [-0.2, -0.15) is 0 Å². The summed E-state index contributed by atoms with van der Waals surface area (Å²) < 4.78 is 5.50. The molecule has 2 saturated heterocycles. The third-order valence-electron chi connectivity index (χ3n) is 7.51. The van der Waals surface area contributed by atoms with Crippen molar-refractivity contribution in [3.63, 3.8) is 0 Å². The van der Waals surface area contributed by atoms with E-state index >= 15 is 0 Å². The fourth-order valence-corrected chi connectivity index (χ4v) is 5.40. The maximum absolute atomic E-state index is 13.4. The number of benzene rings is 2. The van der Waals surface area contributed by atoms with E-state index in [2.05, 4.69) is 62.5 Å². The third kappa shape index (κ3) is 6.38. The average Bonchev–Trinajstić information content (AvgIpc) is 2.90. The van der Waals surface area contributed by atoms with Gasteiger partial charge >= 0.3 is 0 Å². The van der Waals surface area contributed by atoms with Gasteiger partial charge in [-0.3, -0.25) is 9.69 Å². The number of rotatable bonds is 9. The zero-order valence-corrected chi connectivity index (χ0v) is 20.8. The first kappa shape index (κ1) is 24.7. The molecule has 6 heteroatoms. The summed E-state index contributed by atoms with van der Waals surface area (Å²) in [6.07, 6.45) is 3.26. The van der Waals surface area contributed by atoms with Gasteiger partial charge in [0.2, 0.25) is 5.91 Å². The van der Waals surface area contributed by atoms with Crippen LogP contribution in [0.2, 0.25) is 0 Å². The van der Waals surface area contributed by atoms with Crippen molar-refractivity contribution in [3.05, 3.63) is 65.7 Å². The van der Waals surface area contributed by atoms with Crippen LogP contribution in [0.3, 0.4) is 0 Å². The number of hydrogen-bond donors (Lipinski definition) is 1. The van der Waals surface area contributed by atoms with Crippen LogP contribution in [0, 0.1) is 5.92 Å². The highest BCUT2D eigenvalue weighted by atomic mass is 16.5. The lowest BCUT2D eigenvalue weighted by Crippen LogP contribution is -2.56. The highest BCUT2D eigenvalue weighted by Gasteiger charge is 2.34. The summed E-state index contributed by atoms with van der Waals surface area (Å²) >= 11 is 0. The molecule has 2 aliphatic heterocycles. The largest absolute Gasteiger partial charge is 0.496 e. The minimum absolute atomic E-state index is 0.0722. The highest BCUT2D eigenvalue weighted by Crippen LogP contribution is 2.24. The molecule has 2 heterocycles. The lowest BCUT2D eigenvalue weighted by molar-refractivity contribution is -0.137. The first-order valence-electron chi connectivity index (χ1n) is 12.7. The second-order valence-electron chi connectivity index (χ2n) is 9.59.